The van der Waals surface area contributed by atoms with E-state index in [1.807, 2.05) is 0 Å². The summed E-state index contributed by atoms with van der Waals surface area (Å²) < 4.78 is 0. The summed E-state index contributed by atoms with van der Waals surface area (Å²) in [7, 11) is 0. The molecule has 1 N–H and O–H groups in total. The van der Waals surface area contributed by atoms with E-state index in [2.05, 4.69) is 20.8 Å². The van der Waals surface area contributed by atoms with E-state index in [9.17, 15) is 5.11 Å². The summed E-state index contributed by atoms with van der Waals surface area (Å²) in [6, 6.07) is 0. The zero-order valence-electron chi connectivity index (χ0n) is 16.1. The number of hydrogen-bond acceptors (Lipinski definition) is 1. The molecule has 1 nitrogen and oxygen atoms in total. The molecule has 0 spiro atoms. The van der Waals surface area contributed by atoms with E-state index in [1.54, 1.807) is 0 Å². The molecule has 0 aromatic rings. The third kappa shape index (κ3) is 6.07. The van der Waals surface area contributed by atoms with Crippen molar-refractivity contribution in [3.63, 3.8) is 0 Å². The molecule has 0 bridgehead atoms. The second kappa shape index (κ2) is 10.1. The first-order chi connectivity index (χ1) is 11.1. The van der Waals surface area contributed by atoms with Crippen LogP contribution in [-0.4, -0.2) is 11.2 Å². The van der Waals surface area contributed by atoms with Gasteiger partial charge in [-0.1, -0.05) is 40.0 Å². The average Bonchev–Trinajstić information content (AvgIpc) is 2.57. The Morgan fingerprint density at radius 1 is 0.565 bits per heavy atom. The van der Waals surface area contributed by atoms with Gasteiger partial charge in [-0.2, -0.15) is 0 Å². The van der Waals surface area contributed by atoms with Crippen LogP contribution in [0.4, 0.5) is 0 Å². The maximum Gasteiger partial charge on any atom is 0.0540 e. The summed E-state index contributed by atoms with van der Waals surface area (Å²) in [5.41, 5.74) is 0. The molecule has 136 valence electrons. The molecule has 0 amide bonds. The van der Waals surface area contributed by atoms with Gasteiger partial charge in [0.1, 0.15) is 0 Å². The van der Waals surface area contributed by atoms with Crippen molar-refractivity contribution in [2.75, 3.05) is 0 Å². The van der Waals surface area contributed by atoms with Crippen LogP contribution in [0.2, 0.25) is 0 Å². The van der Waals surface area contributed by atoms with E-state index in [-0.39, 0.29) is 6.10 Å². The van der Waals surface area contributed by atoms with E-state index >= 15 is 0 Å². The van der Waals surface area contributed by atoms with Gasteiger partial charge in [-0.15, -0.1) is 0 Å². The molecule has 0 radical (unpaired) electrons. The predicted molar refractivity (Wildman–Crippen MR) is 100 cm³/mol. The summed E-state index contributed by atoms with van der Waals surface area (Å²) in [5, 5.41) is 9.66. The molecule has 0 aliphatic heterocycles. The monoisotopic (exact) mass is 322 g/mol. The maximum atomic E-state index is 9.66. The standard InChI is InChI=1S/C19H34O.C3H8/c1-14-2-4-15(5-3-14)16-6-8-17(9-7-16)18-10-12-19(20)13-11-18;1-3-2/h14-20H,2-13H2,1H3;3H2,1-2H3. The molecule has 3 saturated carbocycles. The lowest BCUT2D eigenvalue weighted by atomic mass is 9.66. The Morgan fingerprint density at radius 2 is 0.826 bits per heavy atom. The van der Waals surface area contributed by atoms with Crippen LogP contribution in [0.3, 0.4) is 0 Å². The van der Waals surface area contributed by atoms with Gasteiger partial charge >= 0.3 is 0 Å². The van der Waals surface area contributed by atoms with Crippen LogP contribution in [0.5, 0.6) is 0 Å². The Kier molecular flexibility index (Phi) is 8.44. The summed E-state index contributed by atoms with van der Waals surface area (Å²) in [5.74, 6) is 5.08. The molecule has 0 unspecified atom stereocenters. The number of aliphatic hydroxyl groups excluding tert-OH is 1. The molecule has 0 heterocycles. The van der Waals surface area contributed by atoms with E-state index in [0.29, 0.717) is 0 Å². The summed E-state index contributed by atoms with van der Waals surface area (Å²) in [6.45, 7) is 6.69. The molecule has 0 atom stereocenters. The van der Waals surface area contributed by atoms with Crippen molar-refractivity contribution in [3.05, 3.63) is 0 Å². The summed E-state index contributed by atoms with van der Waals surface area (Å²) >= 11 is 0. The van der Waals surface area contributed by atoms with Crippen molar-refractivity contribution in [2.24, 2.45) is 29.6 Å². The molecule has 0 aromatic heterocycles. The first-order valence-electron chi connectivity index (χ1n) is 10.8. The zero-order chi connectivity index (χ0) is 16.7. The highest BCUT2D eigenvalue weighted by Crippen LogP contribution is 2.45. The first-order valence-corrected chi connectivity index (χ1v) is 10.8. The quantitative estimate of drug-likeness (QED) is 0.608. The molecule has 3 aliphatic carbocycles. The molecule has 3 aliphatic rings. The topological polar surface area (TPSA) is 20.2 Å². The van der Waals surface area contributed by atoms with Gasteiger partial charge in [-0.25, -0.2) is 0 Å². The number of rotatable bonds is 2. The van der Waals surface area contributed by atoms with Gasteiger partial charge in [0.15, 0.2) is 0 Å². The van der Waals surface area contributed by atoms with Gasteiger partial charge in [-0.3, -0.25) is 0 Å². The van der Waals surface area contributed by atoms with Gasteiger partial charge < -0.3 is 5.11 Å². The third-order valence-electron chi connectivity index (χ3n) is 6.95. The fraction of sp³-hybridized carbons (Fsp3) is 1.00. The Balaban J connectivity index is 0.000000595. The highest BCUT2D eigenvalue weighted by atomic mass is 16.3. The second-order valence-corrected chi connectivity index (χ2v) is 8.97. The minimum absolute atomic E-state index is 0.0202. The van der Waals surface area contributed by atoms with Crippen molar-refractivity contribution < 1.29 is 5.11 Å². The van der Waals surface area contributed by atoms with E-state index < -0.39 is 0 Å². The molecule has 0 saturated heterocycles. The molecule has 1 heteroatoms. The van der Waals surface area contributed by atoms with Crippen LogP contribution in [0.15, 0.2) is 0 Å². The molecule has 3 fully saturated rings. The Morgan fingerprint density at radius 3 is 1.17 bits per heavy atom. The highest BCUT2D eigenvalue weighted by Gasteiger charge is 2.33. The fourth-order valence-electron chi connectivity index (χ4n) is 5.42. The van der Waals surface area contributed by atoms with Crippen molar-refractivity contribution in [1.29, 1.82) is 0 Å². The lowest BCUT2D eigenvalue weighted by molar-refractivity contribution is 0.0673. The zero-order valence-corrected chi connectivity index (χ0v) is 16.1. The molecular formula is C22H42O. The average molecular weight is 323 g/mol. The molecule has 0 aromatic carbocycles. The van der Waals surface area contributed by atoms with E-state index in [0.717, 1.165) is 42.4 Å². The van der Waals surface area contributed by atoms with Crippen LogP contribution in [0.25, 0.3) is 0 Å². The first kappa shape index (κ1) is 19.3. The lowest BCUT2D eigenvalue weighted by Gasteiger charge is -2.40. The predicted octanol–water partition coefficient (Wildman–Crippen LogP) is 6.59. The third-order valence-corrected chi connectivity index (χ3v) is 6.95. The minimum atomic E-state index is 0.0202. The van der Waals surface area contributed by atoms with Crippen LogP contribution >= 0.6 is 0 Å². The minimum Gasteiger partial charge on any atom is -0.393 e. The SMILES string of the molecule is CC1CCC(C2CCC(C3CCC(O)CC3)CC2)CC1.CCC. The van der Waals surface area contributed by atoms with E-state index in [4.69, 9.17) is 0 Å². The Labute approximate surface area is 145 Å². The second-order valence-electron chi connectivity index (χ2n) is 8.97. The van der Waals surface area contributed by atoms with Crippen molar-refractivity contribution in [2.45, 2.75) is 110 Å². The van der Waals surface area contributed by atoms with Crippen LogP contribution in [0, 0.1) is 29.6 Å². The van der Waals surface area contributed by atoms with Crippen molar-refractivity contribution in [3.8, 4) is 0 Å². The van der Waals surface area contributed by atoms with Gasteiger partial charge in [-0.05, 0) is 93.8 Å². The smallest absolute Gasteiger partial charge is 0.0540 e. The van der Waals surface area contributed by atoms with Crippen molar-refractivity contribution >= 4 is 0 Å². The van der Waals surface area contributed by atoms with Crippen LogP contribution in [0.1, 0.15) is 104 Å². The van der Waals surface area contributed by atoms with Gasteiger partial charge in [0, 0.05) is 0 Å². The Bertz CT molecular complexity index is 259. The summed E-state index contributed by atoms with van der Waals surface area (Å²) in [6.07, 6.45) is 18.1. The highest BCUT2D eigenvalue weighted by molar-refractivity contribution is 4.85. The molecule has 23 heavy (non-hydrogen) atoms. The molecular weight excluding hydrogens is 280 g/mol. The van der Waals surface area contributed by atoms with E-state index in [1.165, 1.54) is 70.6 Å². The summed E-state index contributed by atoms with van der Waals surface area (Å²) in [4.78, 5) is 0. The van der Waals surface area contributed by atoms with Gasteiger partial charge in [0.05, 0.1) is 6.10 Å². The van der Waals surface area contributed by atoms with Crippen LogP contribution in [-0.2, 0) is 0 Å². The number of aliphatic hydroxyl groups is 1. The normalized spacial score (nSPS) is 41.7. The fourth-order valence-corrected chi connectivity index (χ4v) is 5.42. The van der Waals surface area contributed by atoms with Gasteiger partial charge in [0.25, 0.3) is 0 Å². The Hall–Kier alpha value is -0.0400. The van der Waals surface area contributed by atoms with Crippen LogP contribution < -0.4 is 0 Å². The number of hydrogen-bond donors (Lipinski definition) is 1. The maximum absolute atomic E-state index is 9.66. The van der Waals surface area contributed by atoms with Crippen molar-refractivity contribution in [1.82, 2.24) is 0 Å². The molecule has 3 rings (SSSR count). The largest absolute Gasteiger partial charge is 0.393 e. The lowest BCUT2D eigenvalue weighted by Crippen LogP contribution is -2.30. The van der Waals surface area contributed by atoms with Gasteiger partial charge in [0.2, 0.25) is 0 Å².